The van der Waals surface area contributed by atoms with Crippen molar-refractivity contribution in [1.29, 1.82) is 0 Å². The molecule has 0 unspecified atom stereocenters. The molecule has 3 aliphatic heterocycles. The van der Waals surface area contributed by atoms with Gasteiger partial charge in [0, 0.05) is 42.3 Å². The molecule has 28 heavy (non-hydrogen) atoms. The first-order valence-corrected chi connectivity index (χ1v) is 11.2. The number of hydrogen-bond acceptors (Lipinski definition) is 5. The van der Waals surface area contributed by atoms with E-state index in [9.17, 15) is 0 Å². The van der Waals surface area contributed by atoms with E-state index in [0.29, 0.717) is 6.04 Å². The predicted molar refractivity (Wildman–Crippen MR) is 113 cm³/mol. The molecule has 3 aliphatic rings. The van der Waals surface area contributed by atoms with Gasteiger partial charge >= 0.3 is 0 Å². The van der Waals surface area contributed by atoms with Gasteiger partial charge in [-0.2, -0.15) is 0 Å². The molecule has 4 nitrogen and oxygen atoms in total. The van der Waals surface area contributed by atoms with Crippen LogP contribution in [0.5, 0.6) is 0 Å². The summed E-state index contributed by atoms with van der Waals surface area (Å²) in [5.74, 6) is 0.896. The molecule has 0 N–H and O–H groups in total. The number of aromatic nitrogens is 1. The van der Waals surface area contributed by atoms with Crippen molar-refractivity contribution in [3.05, 3.63) is 59.7 Å². The van der Waals surface area contributed by atoms with E-state index >= 15 is 4.39 Å². The molecular weight excluding hydrogens is 371 g/mol. The molecule has 2 fully saturated rings. The molecule has 0 amide bonds. The predicted octanol–water partition coefficient (Wildman–Crippen LogP) is 4.80. The summed E-state index contributed by atoms with van der Waals surface area (Å²) in [6.45, 7) is 4.24. The Hall–Kier alpha value is -2.08. The maximum Gasteiger partial charge on any atom is 0.160 e. The second-order valence-electron chi connectivity index (χ2n) is 7.74. The highest BCUT2D eigenvalue weighted by Gasteiger charge is 2.46. The summed E-state index contributed by atoms with van der Waals surface area (Å²) in [5.41, 5.74) is 2.64. The molecule has 2 aromatic rings. The lowest BCUT2D eigenvalue weighted by atomic mass is 9.94. The number of benzene rings is 1. The minimum absolute atomic E-state index is 0.126. The fourth-order valence-corrected chi connectivity index (χ4v) is 5.95. The van der Waals surface area contributed by atoms with Crippen LogP contribution in [0.3, 0.4) is 0 Å². The van der Waals surface area contributed by atoms with Crippen LogP contribution in [0.25, 0.3) is 0 Å². The molecule has 6 heteroatoms. The average Bonchev–Trinajstić information content (AvgIpc) is 3.45. The molecular formula is C22H25FN4S. The fourth-order valence-electron chi connectivity index (χ4n) is 4.61. The minimum atomic E-state index is -0.162. The molecule has 146 valence electrons. The van der Waals surface area contributed by atoms with Gasteiger partial charge in [0.25, 0.3) is 0 Å². The van der Waals surface area contributed by atoms with Gasteiger partial charge in [-0.15, -0.1) is 0 Å². The molecule has 0 aliphatic carbocycles. The lowest BCUT2D eigenvalue weighted by Crippen LogP contribution is -2.35. The summed E-state index contributed by atoms with van der Waals surface area (Å²) in [6, 6.07) is 11.8. The van der Waals surface area contributed by atoms with Crippen molar-refractivity contribution in [2.45, 2.75) is 44.3 Å². The van der Waals surface area contributed by atoms with Crippen LogP contribution in [0.1, 0.15) is 49.5 Å². The number of anilines is 1. The molecule has 1 aromatic carbocycles. The van der Waals surface area contributed by atoms with Crippen LogP contribution in [-0.4, -0.2) is 39.9 Å². The van der Waals surface area contributed by atoms with Gasteiger partial charge in [0.05, 0.1) is 11.7 Å². The van der Waals surface area contributed by atoms with Crippen LogP contribution in [0.15, 0.2) is 47.6 Å². The Bertz CT molecular complexity index is 881. The summed E-state index contributed by atoms with van der Waals surface area (Å²) in [6.07, 6.45) is 5.21. The zero-order chi connectivity index (χ0) is 19.1. The molecule has 1 aromatic heterocycles. The van der Waals surface area contributed by atoms with E-state index in [1.54, 1.807) is 24.0 Å². The Balaban J connectivity index is 1.55. The fraction of sp³-hybridized carbons (Fsp3) is 0.455. The number of rotatable bonds is 4. The van der Waals surface area contributed by atoms with E-state index in [1.165, 1.54) is 12.8 Å². The highest BCUT2D eigenvalue weighted by atomic mass is 32.2. The molecule has 3 atom stereocenters. The standard InChI is InChI=1S/C22H25FN4S/c1-2-15-14-28-22-25-20(19-7-3-4-10-24-19)21(27(15)22)17-9-8-16(13-18(17)23)26-11-5-6-12-26/h3-4,7-10,13,15,20-21H,2,5-6,11-12,14H2,1H3/t15-,20-,21+/m1/s1. The average molecular weight is 397 g/mol. The van der Waals surface area contributed by atoms with Crippen molar-refractivity contribution in [2.75, 3.05) is 23.7 Å². The zero-order valence-electron chi connectivity index (χ0n) is 16.1. The topological polar surface area (TPSA) is 31.7 Å². The number of fused-ring (bicyclic) bond motifs is 1. The zero-order valence-corrected chi connectivity index (χ0v) is 16.9. The number of halogens is 1. The van der Waals surface area contributed by atoms with E-state index < -0.39 is 0 Å². The first-order valence-electron chi connectivity index (χ1n) is 10.2. The van der Waals surface area contributed by atoms with E-state index in [2.05, 4.69) is 27.8 Å². The first-order chi connectivity index (χ1) is 13.8. The van der Waals surface area contributed by atoms with Gasteiger partial charge in [-0.25, -0.2) is 4.39 Å². The van der Waals surface area contributed by atoms with Crippen molar-refractivity contribution < 1.29 is 4.39 Å². The maximum atomic E-state index is 15.4. The second kappa shape index (κ2) is 7.39. The summed E-state index contributed by atoms with van der Waals surface area (Å²) in [7, 11) is 0. The monoisotopic (exact) mass is 396 g/mol. The molecule has 4 heterocycles. The van der Waals surface area contributed by atoms with Crippen molar-refractivity contribution in [3.63, 3.8) is 0 Å². The van der Waals surface area contributed by atoms with Gasteiger partial charge in [-0.1, -0.05) is 30.8 Å². The molecule has 2 saturated heterocycles. The van der Waals surface area contributed by atoms with E-state index in [-0.39, 0.29) is 17.9 Å². The molecule has 0 spiro atoms. The number of hydrogen-bond donors (Lipinski definition) is 0. The first kappa shape index (κ1) is 18.0. The Morgan fingerprint density at radius 3 is 2.75 bits per heavy atom. The molecule has 5 rings (SSSR count). The lowest BCUT2D eigenvalue weighted by Gasteiger charge is -2.32. The minimum Gasteiger partial charge on any atom is -0.371 e. The highest BCUT2D eigenvalue weighted by molar-refractivity contribution is 8.14. The van der Waals surface area contributed by atoms with Crippen molar-refractivity contribution in [1.82, 2.24) is 9.88 Å². The Morgan fingerprint density at radius 1 is 1.18 bits per heavy atom. The maximum absolute atomic E-state index is 15.4. The van der Waals surface area contributed by atoms with Crippen molar-refractivity contribution in [2.24, 2.45) is 4.99 Å². The summed E-state index contributed by atoms with van der Waals surface area (Å²) < 4.78 is 15.4. The third-order valence-corrected chi connectivity index (χ3v) is 7.23. The van der Waals surface area contributed by atoms with Crippen LogP contribution >= 0.6 is 11.8 Å². The van der Waals surface area contributed by atoms with Crippen LogP contribution in [0, 0.1) is 5.82 Å². The van der Waals surface area contributed by atoms with Crippen molar-refractivity contribution >= 4 is 22.6 Å². The van der Waals surface area contributed by atoms with Crippen molar-refractivity contribution in [3.8, 4) is 0 Å². The SMILES string of the molecule is CC[C@@H]1CSC2=N[C@H](c3ccccn3)[C@H](c3ccc(N4CCCC4)cc3F)N21. The number of aliphatic imine (C=N–C) groups is 1. The van der Waals surface area contributed by atoms with Gasteiger partial charge in [-0.05, 0) is 43.5 Å². The molecule has 0 bridgehead atoms. The van der Waals surface area contributed by atoms with E-state index in [1.807, 2.05) is 24.3 Å². The van der Waals surface area contributed by atoms with Gasteiger partial charge < -0.3 is 9.80 Å². The Kier molecular flexibility index (Phi) is 4.75. The normalized spacial score (nSPS) is 26.6. The van der Waals surface area contributed by atoms with Crippen LogP contribution < -0.4 is 4.90 Å². The van der Waals surface area contributed by atoms with Gasteiger partial charge in [-0.3, -0.25) is 9.98 Å². The lowest BCUT2D eigenvalue weighted by molar-refractivity contribution is 0.250. The number of thioether (sulfide) groups is 1. The third-order valence-electron chi connectivity index (χ3n) is 6.10. The second-order valence-corrected chi connectivity index (χ2v) is 8.72. The number of amidine groups is 1. The van der Waals surface area contributed by atoms with Gasteiger partial charge in [0.1, 0.15) is 11.9 Å². The van der Waals surface area contributed by atoms with Gasteiger partial charge in [0.2, 0.25) is 0 Å². The van der Waals surface area contributed by atoms with E-state index in [4.69, 9.17) is 4.99 Å². The summed E-state index contributed by atoms with van der Waals surface area (Å²) >= 11 is 1.79. The van der Waals surface area contributed by atoms with Crippen LogP contribution in [-0.2, 0) is 0 Å². The summed E-state index contributed by atoms with van der Waals surface area (Å²) in [5, 5.41) is 1.04. The molecule has 0 radical (unpaired) electrons. The van der Waals surface area contributed by atoms with E-state index in [0.717, 1.165) is 47.4 Å². The van der Waals surface area contributed by atoms with Crippen LogP contribution in [0.2, 0.25) is 0 Å². The quantitative estimate of drug-likeness (QED) is 0.743. The smallest absolute Gasteiger partial charge is 0.160 e. The van der Waals surface area contributed by atoms with Gasteiger partial charge in [0.15, 0.2) is 5.17 Å². The Morgan fingerprint density at radius 2 is 2.04 bits per heavy atom. The van der Waals surface area contributed by atoms with Crippen LogP contribution in [0.4, 0.5) is 10.1 Å². The molecule has 0 saturated carbocycles. The Labute approximate surface area is 169 Å². The third kappa shape index (κ3) is 2.98. The largest absolute Gasteiger partial charge is 0.371 e. The number of pyridine rings is 1. The highest BCUT2D eigenvalue weighted by Crippen LogP contribution is 2.49. The summed E-state index contributed by atoms with van der Waals surface area (Å²) in [4.78, 5) is 14.2. The number of nitrogens with zero attached hydrogens (tertiary/aromatic N) is 4.